The van der Waals surface area contributed by atoms with Crippen LogP contribution in [-0.2, 0) is 10.7 Å². The van der Waals surface area contributed by atoms with Crippen LogP contribution in [0, 0.1) is 6.92 Å². The molecule has 0 saturated carbocycles. The number of halogens is 3. The first-order chi connectivity index (χ1) is 5.70. The maximum Gasteiger partial charge on any atom is 0.0289 e. The van der Waals surface area contributed by atoms with Crippen molar-refractivity contribution in [2.45, 2.75) is 17.6 Å². The molecule has 12 heavy (non-hydrogen) atoms. The topological polar surface area (TPSA) is 0 Å². The van der Waals surface area contributed by atoms with Crippen LogP contribution in [0.1, 0.15) is 16.7 Å². The summed E-state index contributed by atoms with van der Waals surface area (Å²) in [4.78, 5) is 0. The third-order valence-electron chi connectivity index (χ3n) is 1.91. The van der Waals surface area contributed by atoms with Gasteiger partial charge in [0.2, 0.25) is 0 Å². The van der Waals surface area contributed by atoms with Gasteiger partial charge in [-0.05, 0) is 29.7 Å². The van der Waals surface area contributed by atoms with Crippen molar-refractivity contribution < 1.29 is 0 Å². The van der Waals surface area contributed by atoms with Gasteiger partial charge in [0, 0.05) is 15.1 Å². The Bertz CT molecular complexity index is 281. The summed E-state index contributed by atoms with van der Waals surface area (Å²) in [5.41, 5.74) is 4.05. The van der Waals surface area contributed by atoms with Gasteiger partial charge in [-0.15, -0.1) is 0 Å². The molecule has 0 heterocycles. The van der Waals surface area contributed by atoms with Crippen molar-refractivity contribution in [3.63, 3.8) is 0 Å². The first-order valence-corrected chi connectivity index (χ1v) is 6.63. The van der Waals surface area contributed by atoms with E-state index in [-0.39, 0.29) is 0 Å². The molecule has 0 N–H and O–H groups in total. The third-order valence-corrected chi connectivity index (χ3v) is 3.93. The fourth-order valence-electron chi connectivity index (χ4n) is 1.10. The molecule has 0 radical (unpaired) electrons. The summed E-state index contributed by atoms with van der Waals surface area (Å²) in [6.07, 6.45) is 0. The lowest BCUT2D eigenvalue weighted by Crippen LogP contribution is -1.92. The van der Waals surface area contributed by atoms with E-state index in [1.165, 1.54) is 21.2 Å². The van der Waals surface area contributed by atoms with E-state index in [0.29, 0.717) is 0 Å². The summed E-state index contributed by atoms with van der Waals surface area (Å²) in [7, 11) is 0. The fourth-order valence-corrected chi connectivity index (χ4v) is 2.77. The zero-order valence-electron chi connectivity index (χ0n) is 6.70. The molecule has 0 spiro atoms. The molecular formula is C9H9Br3. The smallest absolute Gasteiger partial charge is 0.0289 e. The Balaban J connectivity index is 3.25. The molecule has 0 saturated heterocycles. The minimum absolute atomic E-state index is 0.916. The van der Waals surface area contributed by atoms with Gasteiger partial charge in [-0.2, -0.15) is 0 Å². The first kappa shape index (κ1) is 10.7. The molecule has 3 heteroatoms. The van der Waals surface area contributed by atoms with Gasteiger partial charge < -0.3 is 0 Å². The summed E-state index contributed by atoms with van der Waals surface area (Å²) < 4.78 is 1.18. The first-order valence-electron chi connectivity index (χ1n) is 3.59. The average molecular weight is 357 g/mol. The molecule has 0 aliphatic heterocycles. The van der Waals surface area contributed by atoms with Crippen molar-refractivity contribution in [2.24, 2.45) is 0 Å². The molecule has 0 unspecified atom stereocenters. The van der Waals surface area contributed by atoms with E-state index in [1.807, 2.05) is 0 Å². The number of hydrogen-bond donors (Lipinski definition) is 0. The van der Waals surface area contributed by atoms with Gasteiger partial charge in [0.1, 0.15) is 0 Å². The molecule has 0 fully saturated rings. The second-order valence-electron chi connectivity index (χ2n) is 2.58. The quantitative estimate of drug-likeness (QED) is 0.682. The van der Waals surface area contributed by atoms with E-state index in [2.05, 4.69) is 66.8 Å². The standard InChI is InChI=1S/C9H9Br3/c1-6-8(5-11)7(4-10)2-3-9(6)12/h2-3H,4-5H2,1H3. The van der Waals surface area contributed by atoms with Crippen LogP contribution in [0.25, 0.3) is 0 Å². The van der Waals surface area contributed by atoms with Gasteiger partial charge in [0.15, 0.2) is 0 Å². The maximum atomic E-state index is 3.51. The summed E-state index contributed by atoms with van der Waals surface area (Å²) in [6.45, 7) is 2.13. The molecule has 1 aromatic carbocycles. The van der Waals surface area contributed by atoms with E-state index in [0.717, 1.165) is 10.7 Å². The number of rotatable bonds is 2. The molecule has 0 nitrogen and oxygen atoms in total. The minimum Gasteiger partial charge on any atom is -0.0876 e. The molecule has 0 bridgehead atoms. The van der Waals surface area contributed by atoms with Gasteiger partial charge >= 0.3 is 0 Å². The van der Waals surface area contributed by atoms with Crippen molar-refractivity contribution in [1.29, 1.82) is 0 Å². The highest BCUT2D eigenvalue weighted by Gasteiger charge is 2.05. The van der Waals surface area contributed by atoms with Crippen LogP contribution in [0.2, 0.25) is 0 Å². The molecule has 0 aliphatic rings. The molecule has 1 aromatic rings. The van der Waals surface area contributed by atoms with Crippen LogP contribution in [-0.4, -0.2) is 0 Å². The lowest BCUT2D eigenvalue weighted by Gasteiger charge is -2.09. The average Bonchev–Trinajstić information content (AvgIpc) is 2.09. The van der Waals surface area contributed by atoms with Crippen molar-refractivity contribution in [1.82, 2.24) is 0 Å². The molecule has 0 atom stereocenters. The zero-order chi connectivity index (χ0) is 9.14. The Morgan fingerprint density at radius 2 is 1.83 bits per heavy atom. The van der Waals surface area contributed by atoms with Gasteiger partial charge in [0.05, 0.1) is 0 Å². The highest BCUT2D eigenvalue weighted by Crippen LogP contribution is 2.26. The summed E-state index contributed by atoms with van der Waals surface area (Å²) >= 11 is 10.5. The van der Waals surface area contributed by atoms with E-state index >= 15 is 0 Å². The maximum absolute atomic E-state index is 3.51. The zero-order valence-corrected chi connectivity index (χ0v) is 11.5. The Kier molecular flexibility index (Phi) is 4.27. The van der Waals surface area contributed by atoms with Crippen LogP contribution in [0.15, 0.2) is 16.6 Å². The summed E-state index contributed by atoms with van der Waals surface area (Å²) in [6, 6.07) is 4.24. The lowest BCUT2D eigenvalue weighted by atomic mass is 10.1. The molecule has 66 valence electrons. The number of hydrogen-bond acceptors (Lipinski definition) is 0. The van der Waals surface area contributed by atoms with Crippen molar-refractivity contribution in [2.75, 3.05) is 0 Å². The van der Waals surface area contributed by atoms with Gasteiger partial charge in [-0.25, -0.2) is 0 Å². The minimum atomic E-state index is 0.916. The van der Waals surface area contributed by atoms with Crippen LogP contribution >= 0.6 is 47.8 Å². The SMILES string of the molecule is Cc1c(Br)ccc(CBr)c1CBr. The van der Waals surface area contributed by atoms with Crippen molar-refractivity contribution in [3.8, 4) is 0 Å². The Labute approximate surface area is 98.1 Å². The fraction of sp³-hybridized carbons (Fsp3) is 0.333. The van der Waals surface area contributed by atoms with Crippen LogP contribution in [0.4, 0.5) is 0 Å². The highest BCUT2D eigenvalue weighted by molar-refractivity contribution is 9.10. The highest BCUT2D eigenvalue weighted by atomic mass is 79.9. The molecule has 1 rings (SSSR count). The van der Waals surface area contributed by atoms with Crippen LogP contribution in [0.5, 0.6) is 0 Å². The molecule has 0 amide bonds. The normalized spacial score (nSPS) is 10.3. The monoisotopic (exact) mass is 354 g/mol. The van der Waals surface area contributed by atoms with Gasteiger partial charge in [-0.3, -0.25) is 0 Å². The number of benzene rings is 1. The van der Waals surface area contributed by atoms with Gasteiger partial charge in [0.25, 0.3) is 0 Å². The Hall–Kier alpha value is 0.660. The second kappa shape index (κ2) is 4.77. The lowest BCUT2D eigenvalue weighted by molar-refractivity contribution is 1.22. The molecular weight excluding hydrogens is 348 g/mol. The van der Waals surface area contributed by atoms with Crippen LogP contribution < -0.4 is 0 Å². The third kappa shape index (κ3) is 2.12. The Morgan fingerprint density at radius 3 is 2.33 bits per heavy atom. The van der Waals surface area contributed by atoms with E-state index < -0.39 is 0 Å². The van der Waals surface area contributed by atoms with E-state index in [4.69, 9.17) is 0 Å². The van der Waals surface area contributed by atoms with Crippen molar-refractivity contribution in [3.05, 3.63) is 33.3 Å². The van der Waals surface area contributed by atoms with E-state index in [9.17, 15) is 0 Å². The predicted molar refractivity (Wildman–Crippen MR) is 64.1 cm³/mol. The van der Waals surface area contributed by atoms with Crippen molar-refractivity contribution >= 4 is 47.8 Å². The molecule has 0 aromatic heterocycles. The largest absolute Gasteiger partial charge is 0.0876 e. The Morgan fingerprint density at radius 1 is 1.17 bits per heavy atom. The molecule has 0 aliphatic carbocycles. The van der Waals surface area contributed by atoms with Gasteiger partial charge in [-0.1, -0.05) is 53.9 Å². The predicted octanol–water partition coefficient (Wildman–Crippen LogP) is 4.55. The summed E-state index contributed by atoms with van der Waals surface area (Å²) in [5.74, 6) is 0. The number of alkyl halides is 2. The van der Waals surface area contributed by atoms with Crippen LogP contribution in [0.3, 0.4) is 0 Å². The second-order valence-corrected chi connectivity index (χ2v) is 4.55. The van der Waals surface area contributed by atoms with E-state index in [1.54, 1.807) is 0 Å². The summed E-state index contributed by atoms with van der Waals surface area (Å²) in [5, 5.41) is 1.83.